The number of benzene rings is 2. The number of halogens is 3. The van der Waals surface area contributed by atoms with E-state index in [2.05, 4.69) is 0 Å². The fourth-order valence-corrected chi connectivity index (χ4v) is 3.25. The van der Waals surface area contributed by atoms with Crippen LogP contribution in [-0.4, -0.2) is 53.3 Å². The summed E-state index contributed by atoms with van der Waals surface area (Å²) in [5, 5.41) is 9.19. The van der Waals surface area contributed by atoms with Crippen molar-refractivity contribution in [2.45, 2.75) is 78.2 Å². The highest BCUT2D eigenvalue weighted by atomic mass is 19.4. The maximum Gasteiger partial charge on any atom is 0.416 e. The molecular formula is C29H41F3N2O5. The van der Waals surface area contributed by atoms with Crippen molar-refractivity contribution in [1.29, 1.82) is 0 Å². The Kier molecular flexibility index (Phi) is 14.0. The van der Waals surface area contributed by atoms with Crippen molar-refractivity contribution in [3.8, 4) is 5.75 Å². The largest absolute Gasteiger partial charge is 0.484 e. The quantitative estimate of drug-likeness (QED) is 0.330. The van der Waals surface area contributed by atoms with Gasteiger partial charge in [0.15, 0.2) is 12.7 Å². The van der Waals surface area contributed by atoms with Gasteiger partial charge >= 0.3 is 12.1 Å². The van der Waals surface area contributed by atoms with E-state index in [4.69, 9.17) is 15.2 Å². The first-order valence-corrected chi connectivity index (χ1v) is 12.9. The number of carbonyl (C=O) groups excluding carboxylic acids is 1. The fourth-order valence-electron chi connectivity index (χ4n) is 3.25. The van der Waals surface area contributed by atoms with Gasteiger partial charge in [-0.25, -0.2) is 4.79 Å². The lowest BCUT2D eigenvalue weighted by Crippen LogP contribution is -2.35. The van der Waals surface area contributed by atoms with Gasteiger partial charge in [-0.3, -0.25) is 4.79 Å². The van der Waals surface area contributed by atoms with Gasteiger partial charge in [0, 0.05) is 31.7 Å². The number of nitrogens with two attached hydrogens (primary N) is 1. The molecule has 0 aromatic heterocycles. The van der Waals surface area contributed by atoms with E-state index >= 15 is 0 Å². The number of carboxylic acid groups (broad SMARTS) is 1. The number of hydrogen-bond acceptors (Lipinski definition) is 5. The average molecular weight is 555 g/mol. The number of alkyl halides is 3. The first-order valence-electron chi connectivity index (χ1n) is 12.9. The van der Waals surface area contributed by atoms with Gasteiger partial charge in [-0.05, 0) is 69.5 Å². The van der Waals surface area contributed by atoms with Crippen molar-refractivity contribution in [2.24, 2.45) is 5.73 Å². The number of ether oxygens (including phenoxy) is 2. The molecule has 0 aliphatic carbocycles. The maximum atomic E-state index is 12.8. The van der Waals surface area contributed by atoms with Gasteiger partial charge in [0.25, 0.3) is 5.91 Å². The lowest BCUT2D eigenvalue weighted by Gasteiger charge is -2.23. The van der Waals surface area contributed by atoms with Crippen molar-refractivity contribution in [3.63, 3.8) is 0 Å². The van der Waals surface area contributed by atoms with Crippen molar-refractivity contribution in [3.05, 3.63) is 65.2 Å². The minimum Gasteiger partial charge on any atom is -0.484 e. The third-order valence-corrected chi connectivity index (χ3v) is 5.14. The molecule has 0 aliphatic heterocycles. The Labute approximate surface area is 229 Å². The standard InChI is InChI=1S/C25H30F3NO5.C4H11N/c1-3-5-14-29(16-19-6-10-20(11-7-19)25(26,27)28)23(30)17-34-21-12-8-18(9-13-21)15-22(24(31)32)33-4-2;1-4(2,3)5/h6-13,22H,3-5,14-17H2,1-2H3,(H,31,32);5H2,1-3H3/t22-;/m0./s1. The number of unbranched alkanes of at least 4 members (excludes halogenated alkanes) is 1. The summed E-state index contributed by atoms with van der Waals surface area (Å²) in [5.74, 6) is -0.863. The molecule has 0 saturated carbocycles. The van der Waals surface area contributed by atoms with Gasteiger partial charge in [-0.1, -0.05) is 37.6 Å². The zero-order valence-electron chi connectivity index (χ0n) is 23.4. The van der Waals surface area contributed by atoms with E-state index in [1.807, 2.05) is 27.7 Å². The topological polar surface area (TPSA) is 102 Å². The monoisotopic (exact) mass is 554 g/mol. The Hall–Kier alpha value is -3.11. The van der Waals surface area contributed by atoms with Gasteiger partial charge in [0.1, 0.15) is 5.75 Å². The summed E-state index contributed by atoms with van der Waals surface area (Å²) < 4.78 is 49.2. The van der Waals surface area contributed by atoms with Crippen LogP contribution in [-0.2, 0) is 33.5 Å². The molecule has 2 aromatic rings. The molecule has 3 N–H and O–H groups in total. The second kappa shape index (κ2) is 16.1. The van der Waals surface area contributed by atoms with Crippen LogP contribution in [0, 0.1) is 0 Å². The third-order valence-electron chi connectivity index (χ3n) is 5.14. The SMILES string of the molecule is CC(C)(C)N.CCCCN(Cc1ccc(C(F)(F)F)cc1)C(=O)COc1ccc(C[C@H](OCC)C(=O)O)cc1. The molecule has 0 saturated heterocycles. The third kappa shape index (κ3) is 14.6. The zero-order chi connectivity index (χ0) is 29.6. The van der Waals surface area contributed by atoms with Crippen LogP contribution in [0.1, 0.15) is 64.2 Å². The minimum absolute atomic E-state index is 0. The lowest BCUT2D eigenvalue weighted by atomic mass is 10.1. The number of aliphatic carboxylic acids is 1. The molecule has 10 heteroatoms. The number of amides is 1. The summed E-state index contributed by atoms with van der Waals surface area (Å²) in [6.07, 6.45) is -3.52. The highest BCUT2D eigenvalue weighted by molar-refractivity contribution is 5.77. The predicted octanol–water partition coefficient (Wildman–Crippen LogP) is 5.69. The summed E-state index contributed by atoms with van der Waals surface area (Å²) in [6, 6.07) is 11.5. The van der Waals surface area contributed by atoms with E-state index in [1.165, 1.54) is 12.1 Å². The molecule has 0 bridgehead atoms. The zero-order valence-corrected chi connectivity index (χ0v) is 23.4. The van der Waals surface area contributed by atoms with Gasteiger partial charge in [-0.2, -0.15) is 13.2 Å². The molecule has 1 atom stereocenters. The van der Waals surface area contributed by atoms with Gasteiger partial charge in [0.05, 0.1) is 5.56 Å². The summed E-state index contributed by atoms with van der Waals surface area (Å²) in [4.78, 5) is 25.5. The van der Waals surface area contributed by atoms with Crippen molar-refractivity contribution in [1.82, 2.24) is 4.90 Å². The van der Waals surface area contributed by atoms with Crippen LogP contribution in [0.2, 0.25) is 0 Å². The van der Waals surface area contributed by atoms with E-state index in [0.717, 1.165) is 30.5 Å². The Balaban J connectivity index is 0.00000139. The molecule has 39 heavy (non-hydrogen) atoms. The lowest BCUT2D eigenvalue weighted by molar-refractivity contribution is -0.150. The molecule has 218 valence electrons. The number of rotatable bonds is 13. The molecule has 0 radical (unpaired) electrons. The first kappa shape index (κ1) is 33.9. The minimum atomic E-state index is -4.41. The van der Waals surface area contributed by atoms with E-state index in [9.17, 15) is 27.9 Å². The van der Waals surface area contributed by atoms with E-state index < -0.39 is 23.8 Å². The molecule has 0 spiro atoms. The van der Waals surface area contributed by atoms with Crippen molar-refractivity contribution < 1.29 is 37.3 Å². The van der Waals surface area contributed by atoms with E-state index in [0.29, 0.717) is 24.5 Å². The van der Waals surface area contributed by atoms with Crippen molar-refractivity contribution in [2.75, 3.05) is 19.8 Å². The summed E-state index contributed by atoms with van der Waals surface area (Å²) in [5.41, 5.74) is 5.98. The molecular weight excluding hydrogens is 513 g/mol. The number of nitrogens with zero attached hydrogens (tertiary/aromatic N) is 1. The summed E-state index contributed by atoms with van der Waals surface area (Å²) in [6.45, 7) is 10.3. The molecule has 2 rings (SSSR count). The Morgan fingerprint density at radius 2 is 1.51 bits per heavy atom. The molecule has 0 unspecified atom stereocenters. The van der Waals surface area contributed by atoms with Crippen LogP contribution in [0.4, 0.5) is 13.2 Å². The summed E-state index contributed by atoms with van der Waals surface area (Å²) in [7, 11) is 0. The van der Waals surface area contributed by atoms with Crippen LogP contribution < -0.4 is 10.5 Å². The Bertz CT molecular complexity index is 998. The molecule has 0 fully saturated rings. The predicted molar refractivity (Wildman–Crippen MR) is 144 cm³/mol. The Morgan fingerprint density at radius 3 is 1.97 bits per heavy atom. The molecule has 0 aliphatic rings. The van der Waals surface area contributed by atoms with Crippen LogP contribution >= 0.6 is 0 Å². The average Bonchev–Trinajstić information content (AvgIpc) is 2.84. The molecule has 2 aromatic carbocycles. The first-order chi connectivity index (χ1) is 18.1. The van der Waals surface area contributed by atoms with Crippen molar-refractivity contribution >= 4 is 11.9 Å². The van der Waals surface area contributed by atoms with Crippen LogP contribution in [0.25, 0.3) is 0 Å². The van der Waals surface area contributed by atoms with Crippen LogP contribution in [0.15, 0.2) is 48.5 Å². The summed E-state index contributed by atoms with van der Waals surface area (Å²) >= 11 is 0. The molecule has 1 amide bonds. The molecule has 7 nitrogen and oxygen atoms in total. The van der Waals surface area contributed by atoms with Gasteiger partial charge in [-0.15, -0.1) is 0 Å². The second-order valence-electron chi connectivity index (χ2n) is 10.1. The fraction of sp³-hybridized carbons (Fsp3) is 0.517. The highest BCUT2D eigenvalue weighted by Crippen LogP contribution is 2.29. The number of carbonyl (C=O) groups is 2. The number of carboxylic acids is 1. The Morgan fingerprint density at radius 1 is 0.974 bits per heavy atom. The van der Waals surface area contributed by atoms with Gasteiger partial charge in [0.2, 0.25) is 0 Å². The van der Waals surface area contributed by atoms with E-state index in [1.54, 1.807) is 36.1 Å². The van der Waals surface area contributed by atoms with E-state index in [-0.39, 0.29) is 31.0 Å². The maximum absolute atomic E-state index is 12.8. The normalized spacial score (nSPS) is 12.2. The number of hydrogen-bond donors (Lipinski definition) is 2. The van der Waals surface area contributed by atoms with Crippen LogP contribution in [0.3, 0.4) is 0 Å². The highest BCUT2D eigenvalue weighted by Gasteiger charge is 2.30. The second-order valence-corrected chi connectivity index (χ2v) is 10.1. The van der Waals surface area contributed by atoms with Gasteiger partial charge < -0.3 is 25.2 Å². The van der Waals surface area contributed by atoms with Crippen LogP contribution in [0.5, 0.6) is 5.75 Å². The molecule has 0 heterocycles. The smallest absolute Gasteiger partial charge is 0.416 e.